The van der Waals surface area contributed by atoms with Gasteiger partial charge in [-0.2, -0.15) is 0 Å². The molecule has 38 heavy (non-hydrogen) atoms. The van der Waals surface area contributed by atoms with E-state index < -0.39 is 16.1 Å². The molecule has 2 N–H and O–H groups in total. The number of hydrogen-bond donors (Lipinski definition) is 2. The maximum Gasteiger partial charge on any atom is 0.328 e. The lowest BCUT2D eigenvalue weighted by atomic mass is 9.97. The number of urea groups is 1. The van der Waals surface area contributed by atoms with Crippen molar-refractivity contribution in [3.63, 3.8) is 0 Å². The van der Waals surface area contributed by atoms with Crippen LogP contribution in [0.2, 0.25) is 5.02 Å². The van der Waals surface area contributed by atoms with Crippen molar-refractivity contribution in [2.75, 3.05) is 20.6 Å². The van der Waals surface area contributed by atoms with E-state index >= 15 is 0 Å². The number of benzene rings is 3. The average molecular weight is 570 g/mol. The van der Waals surface area contributed by atoms with Crippen LogP contribution in [0.25, 0.3) is 21.2 Å². The van der Waals surface area contributed by atoms with Crippen LogP contribution in [0, 0.1) is 13.8 Å². The highest BCUT2D eigenvalue weighted by atomic mass is 35.5. The van der Waals surface area contributed by atoms with Gasteiger partial charge in [0.2, 0.25) is 0 Å². The third-order valence-electron chi connectivity index (χ3n) is 6.01. The van der Waals surface area contributed by atoms with Crippen molar-refractivity contribution in [2.24, 2.45) is 0 Å². The van der Waals surface area contributed by atoms with Gasteiger partial charge < -0.3 is 10.2 Å². The number of halogens is 1. The molecule has 0 radical (unpaired) electrons. The van der Waals surface area contributed by atoms with Crippen LogP contribution in [-0.4, -0.2) is 45.9 Å². The van der Waals surface area contributed by atoms with Crippen LogP contribution in [0.15, 0.2) is 65.6 Å². The minimum absolute atomic E-state index is 0.0343. The third-order valence-corrected chi connectivity index (χ3v) is 9.17. The highest BCUT2D eigenvalue weighted by molar-refractivity contribution is 7.90. The Balaban J connectivity index is 1.48. The van der Waals surface area contributed by atoms with Crippen molar-refractivity contribution >= 4 is 55.0 Å². The van der Waals surface area contributed by atoms with Crippen LogP contribution in [-0.2, 0) is 16.4 Å². The Morgan fingerprint density at radius 2 is 1.68 bits per heavy atom. The predicted octanol–water partition coefficient (Wildman–Crippen LogP) is 5.77. The molecule has 0 aliphatic heterocycles. The van der Waals surface area contributed by atoms with E-state index in [-0.39, 0.29) is 22.4 Å². The first-order valence-electron chi connectivity index (χ1n) is 11.9. The van der Waals surface area contributed by atoms with E-state index in [9.17, 15) is 18.0 Å². The summed E-state index contributed by atoms with van der Waals surface area (Å²) in [4.78, 5) is 27.4. The van der Waals surface area contributed by atoms with Gasteiger partial charge in [-0.3, -0.25) is 4.79 Å². The summed E-state index contributed by atoms with van der Waals surface area (Å²) in [6.45, 7) is 4.34. The van der Waals surface area contributed by atoms with Gasteiger partial charge in [-0.15, -0.1) is 11.3 Å². The second kappa shape index (κ2) is 11.1. The van der Waals surface area contributed by atoms with E-state index in [0.717, 1.165) is 37.9 Å². The predicted molar refractivity (Wildman–Crippen MR) is 154 cm³/mol. The maximum atomic E-state index is 13.0. The molecule has 198 valence electrons. The highest BCUT2D eigenvalue weighted by Gasteiger charge is 2.23. The van der Waals surface area contributed by atoms with Crippen LogP contribution >= 0.6 is 22.9 Å². The number of nitrogens with one attached hydrogen (secondary N) is 2. The van der Waals surface area contributed by atoms with Crippen molar-refractivity contribution < 1.29 is 18.0 Å². The zero-order valence-electron chi connectivity index (χ0n) is 21.5. The molecule has 3 amide bonds. The fourth-order valence-corrected chi connectivity index (χ4v) is 6.97. The minimum Gasteiger partial charge on any atom is -0.344 e. The fraction of sp³-hybridized carbons (Fsp3) is 0.214. The van der Waals surface area contributed by atoms with Crippen molar-refractivity contribution in [3.8, 4) is 11.1 Å². The number of thiophene rings is 1. The topological polar surface area (TPSA) is 95.6 Å². The van der Waals surface area contributed by atoms with Crippen LogP contribution in [0.4, 0.5) is 4.79 Å². The van der Waals surface area contributed by atoms with Gasteiger partial charge in [0, 0.05) is 36.3 Å². The number of carbonyl (C=O) groups excluding carboxylic acids is 2. The summed E-state index contributed by atoms with van der Waals surface area (Å²) in [7, 11) is -0.580. The molecule has 0 aliphatic carbocycles. The number of amides is 3. The molecule has 1 aromatic heterocycles. The number of fused-ring (bicyclic) bond motifs is 1. The molecule has 0 saturated heterocycles. The molecule has 3 aromatic carbocycles. The Labute approximate surface area is 231 Å². The van der Waals surface area contributed by atoms with E-state index in [1.807, 2.05) is 35.9 Å². The Morgan fingerprint density at radius 1 is 1.00 bits per heavy atom. The average Bonchev–Trinajstić information content (AvgIpc) is 3.23. The summed E-state index contributed by atoms with van der Waals surface area (Å²) in [5.74, 6) is -0.0377. The lowest BCUT2D eigenvalue weighted by Crippen LogP contribution is -2.40. The molecule has 10 heteroatoms. The van der Waals surface area contributed by atoms with Crippen molar-refractivity contribution in [3.05, 3.63) is 87.3 Å². The van der Waals surface area contributed by atoms with Gasteiger partial charge in [0.15, 0.2) is 0 Å². The molecule has 0 saturated carbocycles. The minimum atomic E-state index is -4.08. The molecule has 4 aromatic rings. The number of sulfonamides is 1. The second-order valence-electron chi connectivity index (χ2n) is 9.20. The SMILES string of the molecule is Cc1cc(C)c2sc(C(=O)N(C)C)c(-c3ccc(CCNC(=O)NS(=O)(=O)c4ccccc4Cl)cc3)c2c1. The summed E-state index contributed by atoms with van der Waals surface area (Å²) in [6.07, 6.45) is 0.492. The van der Waals surface area contributed by atoms with E-state index in [1.165, 1.54) is 29.5 Å². The van der Waals surface area contributed by atoms with E-state index in [0.29, 0.717) is 11.3 Å². The number of nitrogens with zero attached hydrogens (tertiary/aromatic N) is 1. The maximum absolute atomic E-state index is 13.0. The zero-order chi connectivity index (χ0) is 27.6. The number of rotatable bonds is 7. The summed E-state index contributed by atoms with van der Waals surface area (Å²) < 4.78 is 27.9. The molecule has 0 fully saturated rings. The normalized spacial score (nSPS) is 11.4. The van der Waals surface area contributed by atoms with Gasteiger partial charge in [-0.25, -0.2) is 17.9 Å². The van der Waals surface area contributed by atoms with Gasteiger partial charge in [0.25, 0.3) is 15.9 Å². The summed E-state index contributed by atoms with van der Waals surface area (Å²) >= 11 is 7.46. The number of carbonyl (C=O) groups is 2. The first-order chi connectivity index (χ1) is 18.0. The van der Waals surface area contributed by atoms with E-state index in [4.69, 9.17) is 11.6 Å². The van der Waals surface area contributed by atoms with Crippen LogP contribution in [0.3, 0.4) is 0 Å². The van der Waals surface area contributed by atoms with Gasteiger partial charge in [0.05, 0.1) is 5.02 Å². The third kappa shape index (κ3) is 5.85. The lowest BCUT2D eigenvalue weighted by molar-refractivity contribution is 0.0833. The van der Waals surface area contributed by atoms with Crippen molar-refractivity contribution in [1.29, 1.82) is 0 Å². The molecule has 0 spiro atoms. The first kappa shape index (κ1) is 27.6. The summed E-state index contributed by atoms with van der Waals surface area (Å²) in [5.41, 5.74) is 5.09. The Hall–Kier alpha value is -3.40. The summed E-state index contributed by atoms with van der Waals surface area (Å²) in [6, 6.07) is 17.2. The molecule has 0 unspecified atom stereocenters. The van der Waals surface area contributed by atoms with Gasteiger partial charge >= 0.3 is 6.03 Å². The van der Waals surface area contributed by atoms with Crippen molar-refractivity contribution in [2.45, 2.75) is 25.2 Å². The molecule has 7 nitrogen and oxygen atoms in total. The van der Waals surface area contributed by atoms with Crippen LogP contribution in [0.1, 0.15) is 26.4 Å². The van der Waals surface area contributed by atoms with Gasteiger partial charge in [-0.05, 0) is 55.2 Å². The first-order valence-corrected chi connectivity index (χ1v) is 14.6. The molecule has 4 rings (SSSR count). The molecular formula is C28H28ClN3O4S2. The fourth-order valence-electron chi connectivity index (χ4n) is 4.23. The molecule has 0 aliphatic rings. The molecule has 1 heterocycles. The Bertz CT molecular complexity index is 1630. The Kier molecular flexibility index (Phi) is 8.10. The quantitative estimate of drug-likeness (QED) is 0.295. The van der Waals surface area contributed by atoms with Crippen molar-refractivity contribution in [1.82, 2.24) is 14.9 Å². The van der Waals surface area contributed by atoms with Gasteiger partial charge in [-0.1, -0.05) is 59.6 Å². The highest BCUT2D eigenvalue weighted by Crippen LogP contribution is 2.41. The molecule has 0 atom stereocenters. The van der Waals surface area contributed by atoms with Gasteiger partial charge in [0.1, 0.15) is 9.77 Å². The monoisotopic (exact) mass is 569 g/mol. The second-order valence-corrected chi connectivity index (χ2v) is 12.3. The Morgan fingerprint density at radius 3 is 2.34 bits per heavy atom. The number of hydrogen-bond acceptors (Lipinski definition) is 5. The van der Waals surface area contributed by atoms with Crippen LogP contribution in [0.5, 0.6) is 0 Å². The number of aryl methyl sites for hydroxylation is 2. The largest absolute Gasteiger partial charge is 0.344 e. The molecular weight excluding hydrogens is 542 g/mol. The zero-order valence-corrected chi connectivity index (χ0v) is 23.9. The van der Waals surface area contributed by atoms with E-state index in [2.05, 4.69) is 24.4 Å². The lowest BCUT2D eigenvalue weighted by Gasteiger charge is -2.12. The van der Waals surface area contributed by atoms with E-state index in [1.54, 1.807) is 25.1 Å². The summed E-state index contributed by atoms with van der Waals surface area (Å²) in [5, 5.41) is 3.66. The molecule has 0 bridgehead atoms. The van der Waals surface area contributed by atoms with Crippen LogP contribution < -0.4 is 10.0 Å². The smallest absolute Gasteiger partial charge is 0.328 e. The standard InChI is InChI=1S/C28H28ClN3O4S2/c1-17-15-18(2)25-21(16-17)24(26(37-25)27(33)32(3)4)20-11-9-19(10-12-20)13-14-30-28(34)31-38(35,36)23-8-6-5-7-22(23)29/h5-12,15-16H,13-14H2,1-4H3,(H2,30,31,34).